The molecule has 2 heteroatoms. The summed E-state index contributed by atoms with van der Waals surface area (Å²) in [4.78, 5) is 4.33. The van der Waals surface area contributed by atoms with Crippen LogP contribution in [-0.2, 0) is 12.8 Å². The maximum atomic E-state index is 4.33. The van der Waals surface area contributed by atoms with E-state index < -0.39 is 0 Å². The van der Waals surface area contributed by atoms with Crippen LogP contribution in [0.3, 0.4) is 0 Å². The lowest BCUT2D eigenvalue weighted by Crippen LogP contribution is -2.26. The van der Waals surface area contributed by atoms with Crippen LogP contribution in [0.15, 0.2) is 42.7 Å². The van der Waals surface area contributed by atoms with Gasteiger partial charge in [-0.15, -0.1) is 0 Å². The lowest BCUT2D eigenvalue weighted by molar-refractivity contribution is 0.396. The van der Waals surface area contributed by atoms with E-state index in [0.29, 0.717) is 12.0 Å². The lowest BCUT2D eigenvalue weighted by atomic mass is 9.91. The molecule has 0 saturated carbocycles. The van der Waals surface area contributed by atoms with Crippen LogP contribution < -0.4 is 5.32 Å². The van der Waals surface area contributed by atoms with Crippen LogP contribution in [0.2, 0.25) is 0 Å². The Kier molecular flexibility index (Phi) is 3.34. The third-order valence-electron chi connectivity index (χ3n) is 4.12. The molecule has 1 aliphatic carbocycles. The van der Waals surface area contributed by atoms with Crippen molar-refractivity contribution in [2.45, 2.75) is 25.8 Å². The van der Waals surface area contributed by atoms with Crippen molar-refractivity contribution >= 4 is 0 Å². The van der Waals surface area contributed by atoms with Crippen LogP contribution in [-0.4, -0.2) is 12.0 Å². The smallest absolute Gasteiger partial charge is 0.0368 e. The molecule has 3 rings (SSSR count). The third-order valence-corrected chi connectivity index (χ3v) is 4.12. The molecule has 0 fully saturated rings. The highest BCUT2D eigenvalue weighted by Gasteiger charge is 2.28. The van der Waals surface area contributed by atoms with Gasteiger partial charge in [0.15, 0.2) is 0 Å². The van der Waals surface area contributed by atoms with Crippen LogP contribution in [0.5, 0.6) is 0 Å². The van der Waals surface area contributed by atoms with Crippen LogP contribution >= 0.6 is 0 Å². The monoisotopic (exact) mass is 252 g/mol. The Balaban J connectivity index is 1.86. The molecule has 2 aromatic rings. The second-order valence-corrected chi connectivity index (χ2v) is 5.50. The lowest BCUT2D eigenvalue weighted by Gasteiger charge is -2.23. The van der Waals surface area contributed by atoms with Crippen molar-refractivity contribution < 1.29 is 0 Å². The second-order valence-electron chi connectivity index (χ2n) is 5.50. The summed E-state index contributed by atoms with van der Waals surface area (Å²) in [5, 5.41) is 3.48. The highest BCUT2D eigenvalue weighted by molar-refractivity contribution is 5.34. The fourth-order valence-electron chi connectivity index (χ4n) is 3.25. The van der Waals surface area contributed by atoms with Gasteiger partial charge in [0, 0.05) is 18.4 Å². The summed E-state index contributed by atoms with van der Waals surface area (Å²) < 4.78 is 0. The van der Waals surface area contributed by atoms with E-state index in [1.54, 1.807) is 0 Å². The standard InChI is InChI=1S/C17H20N2/c1-12-7-16(11-19-10-12)17(18-2)15-8-13-5-3-4-6-14(13)9-15/h3-7,10-11,15,17-18H,8-9H2,1-2H3. The number of nitrogens with zero attached hydrogens (tertiary/aromatic N) is 1. The van der Waals surface area contributed by atoms with Crippen molar-refractivity contribution in [2.24, 2.45) is 5.92 Å². The van der Waals surface area contributed by atoms with Gasteiger partial charge in [-0.1, -0.05) is 30.3 Å². The van der Waals surface area contributed by atoms with E-state index in [-0.39, 0.29) is 0 Å². The first-order chi connectivity index (χ1) is 9.28. The van der Waals surface area contributed by atoms with Crippen molar-refractivity contribution in [1.82, 2.24) is 10.3 Å². The molecule has 1 atom stereocenters. The zero-order chi connectivity index (χ0) is 13.2. The quantitative estimate of drug-likeness (QED) is 0.908. The maximum Gasteiger partial charge on any atom is 0.0368 e. The summed E-state index contributed by atoms with van der Waals surface area (Å²) in [6.07, 6.45) is 6.24. The van der Waals surface area contributed by atoms with Gasteiger partial charge >= 0.3 is 0 Å². The fourth-order valence-corrected chi connectivity index (χ4v) is 3.25. The van der Waals surface area contributed by atoms with Crippen LogP contribution in [0.4, 0.5) is 0 Å². The van der Waals surface area contributed by atoms with Crippen molar-refractivity contribution in [2.75, 3.05) is 7.05 Å². The summed E-state index contributed by atoms with van der Waals surface area (Å²) in [6, 6.07) is 11.4. The number of aryl methyl sites for hydroxylation is 1. The molecular weight excluding hydrogens is 232 g/mol. The third kappa shape index (κ3) is 2.41. The molecule has 2 nitrogen and oxygen atoms in total. The Bertz CT molecular complexity index is 552. The number of rotatable bonds is 3. The zero-order valence-corrected chi connectivity index (χ0v) is 11.6. The first kappa shape index (κ1) is 12.4. The van der Waals surface area contributed by atoms with Gasteiger partial charge in [-0.3, -0.25) is 4.98 Å². The minimum atomic E-state index is 0.389. The predicted molar refractivity (Wildman–Crippen MR) is 78.1 cm³/mol. The molecule has 1 N–H and O–H groups in total. The van der Waals surface area contributed by atoms with Gasteiger partial charge in [0.2, 0.25) is 0 Å². The maximum absolute atomic E-state index is 4.33. The summed E-state index contributed by atoms with van der Waals surface area (Å²) >= 11 is 0. The van der Waals surface area contributed by atoms with E-state index in [0.717, 1.165) is 12.8 Å². The average molecular weight is 252 g/mol. The number of fused-ring (bicyclic) bond motifs is 1. The van der Waals surface area contributed by atoms with E-state index in [2.05, 4.69) is 54.6 Å². The molecule has 98 valence electrons. The van der Waals surface area contributed by atoms with Gasteiger partial charge in [-0.2, -0.15) is 0 Å². The molecule has 1 aromatic carbocycles. The molecule has 0 spiro atoms. The van der Waals surface area contributed by atoms with Gasteiger partial charge < -0.3 is 5.32 Å². The normalized spacial score (nSPS) is 16.3. The Labute approximate surface area is 114 Å². The Morgan fingerprint density at radius 2 is 1.84 bits per heavy atom. The van der Waals surface area contributed by atoms with Gasteiger partial charge in [0.05, 0.1) is 0 Å². The van der Waals surface area contributed by atoms with Gasteiger partial charge in [0.1, 0.15) is 0 Å². The molecule has 1 unspecified atom stereocenters. The number of hydrogen-bond acceptors (Lipinski definition) is 2. The van der Waals surface area contributed by atoms with E-state index in [4.69, 9.17) is 0 Å². The van der Waals surface area contributed by atoms with Gasteiger partial charge in [-0.05, 0) is 55.0 Å². The Morgan fingerprint density at radius 1 is 1.16 bits per heavy atom. The molecule has 0 amide bonds. The summed E-state index contributed by atoms with van der Waals surface area (Å²) in [5.74, 6) is 0.631. The summed E-state index contributed by atoms with van der Waals surface area (Å²) in [5.41, 5.74) is 5.55. The molecule has 0 saturated heterocycles. The fraction of sp³-hybridized carbons (Fsp3) is 0.353. The van der Waals surface area contributed by atoms with Crippen molar-refractivity contribution in [3.63, 3.8) is 0 Å². The number of aromatic nitrogens is 1. The van der Waals surface area contributed by atoms with Crippen LogP contribution in [0, 0.1) is 12.8 Å². The van der Waals surface area contributed by atoms with Gasteiger partial charge in [0.25, 0.3) is 0 Å². The van der Waals surface area contributed by atoms with Gasteiger partial charge in [-0.25, -0.2) is 0 Å². The van der Waals surface area contributed by atoms with Crippen molar-refractivity contribution in [3.05, 3.63) is 65.0 Å². The molecule has 1 aliphatic rings. The number of nitrogens with one attached hydrogen (secondary N) is 1. The molecule has 19 heavy (non-hydrogen) atoms. The minimum Gasteiger partial charge on any atom is -0.313 e. The van der Waals surface area contributed by atoms with Crippen molar-refractivity contribution in [3.8, 4) is 0 Å². The molecule has 1 heterocycles. The van der Waals surface area contributed by atoms with Crippen LogP contribution in [0.25, 0.3) is 0 Å². The second kappa shape index (κ2) is 5.14. The number of hydrogen-bond donors (Lipinski definition) is 1. The topological polar surface area (TPSA) is 24.9 Å². The van der Waals surface area contributed by atoms with Crippen LogP contribution in [0.1, 0.15) is 28.3 Å². The number of pyridine rings is 1. The Morgan fingerprint density at radius 3 is 2.42 bits per heavy atom. The zero-order valence-electron chi connectivity index (χ0n) is 11.6. The first-order valence-electron chi connectivity index (χ1n) is 6.93. The minimum absolute atomic E-state index is 0.389. The highest BCUT2D eigenvalue weighted by atomic mass is 14.9. The van der Waals surface area contributed by atoms with E-state index in [1.165, 1.54) is 22.3 Å². The van der Waals surface area contributed by atoms with E-state index in [9.17, 15) is 0 Å². The summed E-state index contributed by atoms with van der Waals surface area (Å²) in [7, 11) is 2.05. The number of benzene rings is 1. The average Bonchev–Trinajstić information content (AvgIpc) is 2.83. The SMILES string of the molecule is CNC(c1cncc(C)c1)C1Cc2ccccc2C1. The van der Waals surface area contributed by atoms with Crippen molar-refractivity contribution in [1.29, 1.82) is 0 Å². The van der Waals surface area contributed by atoms with E-state index >= 15 is 0 Å². The first-order valence-corrected chi connectivity index (χ1v) is 6.93. The Hall–Kier alpha value is -1.67. The van der Waals surface area contributed by atoms with E-state index in [1.807, 2.05) is 12.4 Å². The predicted octanol–water partition coefficient (Wildman–Crippen LogP) is 3.07. The molecule has 0 radical (unpaired) electrons. The molecule has 1 aromatic heterocycles. The summed E-state index contributed by atoms with van der Waals surface area (Å²) in [6.45, 7) is 2.10. The molecule has 0 bridgehead atoms. The largest absolute Gasteiger partial charge is 0.313 e. The molecule has 0 aliphatic heterocycles. The highest BCUT2D eigenvalue weighted by Crippen LogP contribution is 2.34. The molecular formula is C17H20N2.